The van der Waals surface area contributed by atoms with Gasteiger partial charge in [-0.05, 0) is 55.3 Å². The zero-order chi connectivity index (χ0) is 20.7. The van der Waals surface area contributed by atoms with E-state index in [1.165, 1.54) is 0 Å². The lowest BCUT2D eigenvalue weighted by Gasteiger charge is -2.09. The van der Waals surface area contributed by atoms with E-state index in [-0.39, 0.29) is 0 Å². The van der Waals surface area contributed by atoms with E-state index in [1.54, 1.807) is 18.2 Å². The van der Waals surface area contributed by atoms with E-state index in [2.05, 4.69) is 5.32 Å². The number of hydrogen-bond acceptors (Lipinski definition) is 3. The predicted octanol–water partition coefficient (Wildman–Crippen LogP) is 5.44. The summed E-state index contributed by atoms with van der Waals surface area (Å²) in [5.74, 6) is -3.28. The first kappa shape index (κ1) is 18.6. The van der Waals surface area contributed by atoms with Gasteiger partial charge in [-0.3, -0.25) is 10.1 Å². The summed E-state index contributed by atoms with van der Waals surface area (Å²) in [4.78, 5) is 24.5. The number of fused-ring (bicyclic) bond motifs is 3. The van der Waals surface area contributed by atoms with Crippen LogP contribution in [0.1, 0.15) is 21.5 Å². The molecule has 1 aromatic heterocycles. The van der Waals surface area contributed by atoms with Crippen molar-refractivity contribution in [2.75, 3.05) is 5.32 Å². The smallest absolute Gasteiger partial charge is 0.326 e. The van der Waals surface area contributed by atoms with Gasteiger partial charge in [-0.25, -0.2) is 13.6 Å². The average molecular weight is 394 g/mol. The van der Waals surface area contributed by atoms with Gasteiger partial charge >= 0.3 is 6.03 Å². The predicted molar refractivity (Wildman–Crippen MR) is 106 cm³/mol. The largest absolute Gasteiger partial charge is 0.456 e. The zero-order valence-electron chi connectivity index (χ0n) is 15.6. The highest BCUT2D eigenvalue weighted by Crippen LogP contribution is 2.36. The molecule has 0 bridgehead atoms. The fourth-order valence-electron chi connectivity index (χ4n) is 3.46. The number of amides is 3. The summed E-state index contributed by atoms with van der Waals surface area (Å²) in [7, 11) is 0. The van der Waals surface area contributed by atoms with Crippen LogP contribution < -0.4 is 10.6 Å². The van der Waals surface area contributed by atoms with Crippen molar-refractivity contribution in [1.82, 2.24) is 5.32 Å². The molecule has 4 rings (SSSR count). The minimum absolute atomic E-state index is 0.410. The molecule has 0 aliphatic rings. The van der Waals surface area contributed by atoms with E-state index >= 15 is 0 Å². The number of imide groups is 1. The maximum Gasteiger partial charge on any atom is 0.326 e. The molecule has 146 valence electrons. The van der Waals surface area contributed by atoms with Crippen molar-refractivity contribution >= 4 is 39.6 Å². The molecule has 7 heteroatoms. The molecule has 0 atom stereocenters. The summed E-state index contributed by atoms with van der Waals surface area (Å²) in [6.45, 7) is 3.89. The lowest BCUT2D eigenvalue weighted by molar-refractivity contribution is 0.0959. The minimum Gasteiger partial charge on any atom is -0.456 e. The summed E-state index contributed by atoms with van der Waals surface area (Å²) < 4.78 is 33.4. The molecule has 3 aromatic carbocycles. The summed E-state index contributed by atoms with van der Waals surface area (Å²) >= 11 is 0. The topological polar surface area (TPSA) is 71.3 Å². The Morgan fingerprint density at radius 1 is 0.897 bits per heavy atom. The number of nitrogens with one attached hydrogen (secondary N) is 2. The summed E-state index contributed by atoms with van der Waals surface area (Å²) in [6, 6.07) is 11.1. The highest BCUT2D eigenvalue weighted by molar-refractivity contribution is 6.17. The van der Waals surface area contributed by atoms with Crippen LogP contribution in [0.15, 0.2) is 52.9 Å². The Labute approximate surface area is 164 Å². The second kappa shape index (κ2) is 7.01. The lowest BCUT2D eigenvalue weighted by Crippen LogP contribution is -2.35. The number of benzene rings is 3. The quantitative estimate of drug-likeness (QED) is 0.475. The number of rotatable bonds is 2. The lowest BCUT2D eigenvalue weighted by atomic mass is 10.0. The van der Waals surface area contributed by atoms with Crippen molar-refractivity contribution in [2.24, 2.45) is 0 Å². The van der Waals surface area contributed by atoms with Crippen LogP contribution in [0.25, 0.3) is 21.9 Å². The van der Waals surface area contributed by atoms with Crippen LogP contribution in [0.5, 0.6) is 0 Å². The third-order valence-corrected chi connectivity index (χ3v) is 4.60. The summed E-state index contributed by atoms with van der Waals surface area (Å²) in [5, 5.41) is 6.05. The molecule has 0 fully saturated rings. The van der Waals surface area contributed by atoms with Gasteiger partial charge < -0.3 is 9.73 Å². The van der Waals surface area contributed by atoms with Crippen LogP contribution in [0, 0.1) is 25.5 Å². The van der Waals surface area contributed by atoms with Gasteiger partial charge in [0.2, 0.25) is 0 Å². The van der Waals surface area contributed by atoms with Crippen LogP contribution in [0.2, 0.25) is 0 Å². The van der Waals surface area contributed by atoms with Gasteiger partial charge in [0.1, 0.15) is 28.4 Å². The van der Waals surface area contributed by atoms with Crippen molar-refractivity contribution in [3.05, 3.63) is 76.9 Å². The number of furan rings is 1. The molecule has 3 amide bonds. The number of anilines is 1. The third-order valence-electron chi connectivity index (χ3n) is 4.60. The maximum absolute atomic E-state index is 13.8. The van der Waals surface area contributed by atoms with Crippen LogP contribution in [0.3, 0.4) is 0 Å². The first-order chi connectivity index (χ1) is 13.8. The normalized spacial score (nSPS) is 11.0. The molecule has 0 saturated carbocycles. The fraction of sp³-hybridized carbons (Fsp3) is 0.0909. The van der Waals surface area contributed by atoms with Crippen molar-refractivity contribution in [2.45, 2.75) is 13.8 Å². The summed E-state index contributed by atoms with van der Waals surface area (Å²) in [5.41, 5.74) is 2.85. The van der Waals surface area contributed by atoms with E-state index in [0.717, 1.165) is 34.7 Å². The molecule has 0 radical (unpaired) electrons. The first-order valence-corrected chi connectivity index (χ1v) is 8.84. The van der Waals surface area contributed by atoms with Gasteiger partial charge in [0.25, 0.3) is 5.91 Å². The molecular formula is C22H16F2N2O3. The molecule has 29 heavy (non-hydrogen) atoms. The fourth-order valence-corrected chi connectivity index (χ4v) is 3.46. The summed E-state index contributed by atoms with van der Waals surface area (Å²) in [6.07, 6.45) is 0. The number of aryl methyl sites for hydroxylation is 2. The second-order valence-corrected chi connectivity index (χ2v) is 6.74. The van der Waals surface area contributed by atoms with Gasteiger partial charge in [0.05, 0.1) is 11.1 Å². The highest BCUT2D eigenvalue weighted by atomic mass is 19.1. The Kier molecular flexibility index (Phi) is 4.50. The van der Waals surface area contributed by atoms with E-state index < -0.39 is 29.1 Å². The van der Waals surface area contributed by atoms with E-state index in [4.69, 9.17) is 4.42 Å². The van der Waals surface area contributed by atoms with Crippen LogP contribution in [-0.2, 0) is 0 Å². The van der Waals surface area contributed by atoms with Crippen LogP contribution >= 0.6 is 0 Å². The molecule has 0 spiro atoms. The second-order valence-electron chi connectivity index (χ2n) is 6.74. The van der Waals surface area contributed by atoms with Gasteiger partial charge in [-0.15, -0.1) is 0 Å². The number of hydrogen-bond donors (Lipinski definition) is 2. The molecular weight excluding hydrogens is 378 g/mol. The van der Waals surface area contributed by atoms with Crippen LogP contribution in [0.4, 0.5) is 19.3 Å². The molecule has 4 aromatic rings. The Bertz CT molecular complexity index is 1270. The van der Waals surface area contributed by atoms with E-state index in [1.807, 2.05) is 31.3 Å². The van der Waals surface area contributed by atoms with Gasteiger partial charge in [-0.2, -0.15) is 0 Å². The monoisotopic (exact) mass is 394 g/mol. The zero-order valence-corrected chi connectivity index (χ0v) is 15.6. The first-order valence-electron chi connectivity index (χ1n) is 8.84. The van der Waals surface area contributed by atoms with Gasteiger partial charge in [0.15, 0.2) is 0 Å². The van der Waals surface area contributed by atoms with Crippen molar-refractivity contribution < 1.29 is 22.8 Å². The van der Waals surface area contributed by atoms with Gasteiger partial charge in [0, 0.05) is 5.39 Å². The highest BCUT2D eigenvalue weighted by Gasteiger charge is 2.20. The number of halogens is 2. The Morgan fingerprint density at radius 2 is 1.59 bits per heavy atom. The van der Waals surface area contributed by atoms with Crippen LogP contribution in [-0.4, -0.2) is 11.9 Å². The molecule has 0 aliphatic heterocycles. The Balaban J connectivity index is 1.67. The standard InChI is InChI=1S/C22H16F2N2O3/c1-11-9-12(2)18-17(10-11)29-16-8-4-7-15(20(16)18)25-22(28)26-21(27)19-13(23)5-3-6-14(19)24/h3-10H,1-2H3,(H2,25,26,27,28). The molecule has 0 unspecified atom stereocenters. The Hall–Kier alpha value is -3.74. The van der Waals surface area contributed by atoms with E-state index in [9.17, 15) is 18.4 Å². The number of carbonyl (C=O) groups is 2. The van der Waals surface area contributed by atoms with Crippen molar-refractivity contribution in [3.8, 4) is 0 Å². The molecule has 2 N–H and O–H groups in total. The molecule has 1 heterocycles. The Morgan fingerprint density at radius 3 is 2.31 bits per heavy atom. The molecule has 5 nitrogen and oxygen atoms in total. The third kappa shape index (κ3) is 3.31. The van der Waals surface area contributed by atoms with E-state index in [0.29, 0.717) is 22.2 Å². The molecule has 0 saturated heterocycles. The minimum atomic E-state index is -1.17. The maximum atomic E-state index is 13.8. The van der Waals surface area contributed by atoms with Crippen molar-refractivity contribution in [3.63, 3.8) is 0 Å². The number of carbonyl (C=O) groups excluding carboxylic acids is 2. The SMILES string of the molecule is Cc1cc(C)c2c(c1)oc1cccc(NC(=O)NC(=O)c3c(F)cccc3F)c12. The molecule has 0 aliphatic carbocycles. The van der Waals surface area contributed by atoms with Crippen molar-refractivity contribution in [1.29, 1.82) is 0 Å². The number of urea groups is 1. The van der Waals surface area contributed by atoms with Gasteiger partial charge in [-0.1, -0.05) is 18.2 Å². The average Bonchev–Trinajstić information content (AvgIpc) is 3.00.